The van der Waals surface area contributed by atoms with E-state index in [1.54, 1.807) is 0 Å². The minimum Gasteiger partial charge on any atom is -0.328 e. The first kappa shape index (κ1) is 10.6. The van der Waals surface area contributed by atoms with Crippen molar-refractivity contribution in [3.63, 3.8) is 0 Å². The molecule has 0 radical (unpaired) electrons. The topological polar surface area (TPSA) is 56.7 Å². The van der Waals surface area contributed by atoms with Crippen molar-refractivity contribution >= 4 is 0 Å². The van der Waals surface area contributed by atoms with E-state index in [4.69, 9.17) is 5.73 Å². The van der Waals surface area contributed by atoms with Gasteiger partial charge < -0.3 is 5.73 Å². The van der Waals surface area contributed by atoms with E-state index in [-0.39, 0.29) is 5.41 Å². The van der Waals surface area contributed by atoms with Gasteiger partial charge in [-0.3, -0.25) is 4.68 Å². The summed E-state index contributed by atoms with van der Waals surface area (Å²) in [5, 5.41) is 8.35. The third-order valence-corrected chi connectivity index (χ3v) is 3.02. The minimum atomic E-state index is 0.0915. The van der Waals surface area contributed by atoms with Crippen LogP contribution < -0.4 is 5.73 Å². The van der Waals surface area contributed by atoms with Gasteiger partial charge in [-0.05, 0) is 18.8 Å². The summed E-state index contributed by atoms with van der Waals surface area (Å²) in [5.74, 6) is 0.703. The lowest BCUT2D eigenvalue weighted by Crippen LogP contribution is -2.38. The van der Waals surface area contributed by atoms with Gasteiger partial charge in [0.05, 0.1) is 5.69 Å². The molecule has 4 nitrogen and oxygen atoms in total. The summed E-state index contributed by atoms with van der Waals surface area (Å²) < 4.78 is 1.96. The number of aromatic nitrogens is 3. The van der Waals surface area contributed by atoms with Crippen molar-refractivity contribution in [3.8, 4) is 0 Å². The summed E-state index contributed by atoms with van der Waals surface area (Å²) in [5.41, 5.74) is 6.90. The average molecular weight is 208 g/mol. The van der Waals surface area contributed by atoms with Gasteiger partial charge in [0.1, 0.15) is 0 Å². The molecule has 0 atom stereocenters. The Morgan fingerprint density at radius 3 is 2.60 bits per heavy atom. The molecule has 1 fully saturated rings. The Hall–Kier alpha value is -0.900. The summed E-state index contributed by atoms with van der Waals surface area (Å²) in [6.45, 7) is 7.43. The molecule has 2 N–H and O–H groups in total. The van der Waals surface area contributed by atoms with Gasteiger partial charge in [-0.1, -0.05) is 26.0 Å². The van der Waals surface area contributed by atoms with Crippen molar-refractivity contribution in [1.29, 1.82) is 0 Å². The molecular weight excluding hydrogens is 188 g/mol. The van der Waals surface area contributed by atoms with Crippen molar-refractivity contribution in [2.75, 3.05) is 0 Å². The molecule has 1 heterocycles. The number of nitrogens with two attached hydrogens (primary N) is 1. The van der Waals surface area contributed by atoms with Crippen LogP contribution in [0.3, 0.4) is 0 Å². The molecule has 0 amide bonds. The molecule has 0 spiro atoms. The standard InChI is InChI=1S/C11H20N4/c1-11(2,3)10-7-15(14-13-10)6-8-4-9(12)5-8/h7-9H,4-6,12H2,1-3H3. The Morgan fingerprint density at radius 1 is 1.47 bits per heavy atom. The van der Waals surface area contributed by atoms with E-state index in [2.05, 4.69) is 37.3 Å². The summed E-state index contributed by atoms with van der Waals surface area (Å²) >= 11 is 0. The van der Waals surface area contributed by atoms with Gasteiger partial charge in [-0.25, -0.2) is 0 Å². The van der Waals surface area contributed by atoms with E-state index in [0.29, 0.717) is 12.0 Å². The number of hydrogen-bond donors (Lipinski definition) is 1. The molecule has 0 saturated heterocycles. The van der Waals surface area contributed by atoms with Crippen LogP contribution in [0.4, 0.5) is 0 Å². The lowest BCUT2D eigenvalue weighted by Gasteiger charge is -2.31. The second-order valence-corrected chi connectivity index (χ2v) is 5.67. The minimum absolute atomic E-state index is 0.0915. The average Bonchev–Trinajstić information content (AvgIpc) is 2.49. The van der Waals surface area contributed by atoms with Crippen molar-refractivity contribution in [1.82, 2.24) is 15.0 Å². The molecule has 1 aliphatic rings. The monoisotopic (exact) mass is 208 g/mol. The molecule has 84 valence electrons. The second kappa shape index (κ2) is 3.59. The van der Waals surface area contributed by atoms with Crippen molar-refractivity contribution in [2.45, 2.75) is 51.6 Å². The molecule has 0 bridgehead atoms. The molecule has 0 aromatic carbocycles. The molecule has 0 aliphatic heterocycles. The van der Waals surface area contributed by atoms with Gasteiger partial charge in [-0.2, -0.15) is 0 Å². The lowest BCUT2D eigenvalue weighted by molar-refractivity contribution is 0.225. The highest BCUT2D eigenvalue weighted by molar-refractivity contribution is 5.06. The van der Waals surface area contributed by atoms with Gasteiger partial charge in [0.2, 0.25) is 0 Å². The molecule has 0 unspecified atom stereocenters. The van der Waals surface area contributed by atoms with Crippen LogP contribution in [0.15, 0.2) is 6.20 Å². The Bertz CT molecular complexity index is 331. The summed E-state index contributed by atoms with van der Waals surface area (Å²) in [6, 6.07) is 0.417. The van der Waals surface area contributed by atoms with Crippen LogP contribution in [-0.4, -0.2) is 21.0 Å². The Balaban J connectivity index is 1.96. The predicted molar refractivity (Wildman–Crippen MR) is 59.4 cm³/mol. The maximum atomic E-state index is 5.75. The third-order valence-electron chi connectivity index (χ3n) is 3.02. The van der Waals surface area contributed by atoms with E-state index in [1.807, 2.05) is 4.68 Å². The van der Waals surface area contributed by atoms with Gasteiger partial charge in [0.25, 0.3) is 0 Å². The number of nitrogens with zero attached hydrogens (tertiary/aromatic N) is 3. The van der Waals surface area contributed by atoms with Crippen LogP contribution >= 0.6 is 0 Å². The van der Waals surface area contributed by atoms with Crippen molar-refractivity contribution in [2.24, 2.45) is 11.7 Å². The highest BCUT2D eigenvalue weighted by Gasteiger charge is 2.27. The van der Waals surface area contributed by atoms with Crippen LogP contribution in [-0.2, 0) is 12.0 Å². The van der Waals surface area contributed by atoms with Gasteiger partial charge >= 0.3 is 0 Å². The zero-order valence-corrected chi connectivity index (χ0v) is 9.77. The fraction of sp³-hybridized carbons (Fsp3) is 0.818. The van der Waals surface area contributed by atoms with Gasteiger partial charge in [0.15, 0.2) is 0 Å². The van der Waals surface area contributed by atoms with Crippen LogP contribution in [0.25, 0.3) is 0 Å². The summed E-state index contributed by atoms with van der Waals surface area (Å²) in [7, 11) is 0. The highest BCUT2D eigenvalue weighted by Crippen LogP contribution is 2.27. The first-order valence-corrected chi connectivity index (χ1v) is 5.61. The molecule has 4 heteroatoms. The second-order valence-electron chi connectivity index (χ2n) is 5.67. The van der Waals surface area contributed by atoms with Crippen LogP contribution in [0.2, 0.25) is 0 Å². The summed E-state index contributed by atoms with van der Waals surface area (Å²) in [6.07, 6.45) is 4.32. The van der Waals surface area contributed by atoms with E-state index >= 15 is 0 Å². The molecule has 1 aliphatic carbocycles. The lowest BCUT2D eigenvalue weighted by atomic mass is 9.81. The fourth-order valence-corrected chi connectivity index (χ4v) is 1.93. The molecule has 2 rings (SSSR count). The quantitative estimate of drug-likeness (QED) is 0.797. The van der Waals surface area contributed by atoms with E-state index in [0.717, 1.165) is 25.1 Å². The molecular formula is C11H20N4. The normalized spacial score (nSPS) is 26.4. The first-order chi connectivity index (χ1) is 6.95. The van der Waals surface area contributed by atoms with E-state index < -0.39 is 0 Å². The van der Waals surface area contributed by atoms with Crippen LogP contribution in [0.1, 0.15) is 39.3 Å². The summed E-state index contributed by atoms with van der Waals surface area (Å²) in [4.78, 5) is 0. The number of hydrogen-bond acceptors (Lipinski definition) is 3. The maximum absolute atomic E-state index is 5.75. The largest absolute Gasteiger partial charge is 0.328 e. The molecule has 1 aromatic heterocycles. The number of rotatable bonds is 2. The van der Waals surface area contributed by atoms with Gasteiger partial charge in [0, 0.05) is 24.2 Å². The third kappa shape index (κ3) is 2.37. The van der Waals surface area contributed by atoms with Crippen LogP contribution in [0.5, 0.6) is 0 Å². The smallest absolute Gasteiger partial charge is 0.0880 e. The van der Waals surface area contributed by atoms with E-state index in [9.17, 15) is 0 Å². The van der Waals surface area contributed by atoms with Crippen molar-refractivity contribution < 1.29 is 0 Å². The molecule has 15 heavy (non-hydrogen) atoms. The zero-order valence-electron chi connectivity index (χ0n) is 9.77. The molecule has 1 aromatic rings. The van der Waals surface area contributed by atoms with Crippen LogP contribution in [0, 0.1) is 5.92 Å². The Morgan fingerprint density at radius 2 is 2.13 bits per heavy atom. The predicted octanol–water partition coefficient (Wildman–Crippen LogP) is 1.31. The fourth-order valence-electron chi connectivity index (χ4n) is 1.93. The SMILES string of the molecule is CC(C)(C)c1cn(CC2CC(N)C2)nn1. The first-order valence-electron chi connectivity index (χ1n) is 5.61. The maximum Gasteiger partial charge on any atom is 0.0880 e. The van der Waals surface area contributed by atoms with Gasteiger partial charge in [-0.15, -0.1) is 5.10 Å². The zero-order chi connectivity index (χ0) is 11.1. The highest BCUT2D eigenvalue weighted by atomic mass is 15.4. The van der Waals surface area contributed by atoms with E-state index in [1.165, 1.54) is 0 Å². The Kier molecular flexibility index (Phi) is 2.54. The Labute approximate surface area is 90.8 Å². The van der Waals surface area contributed by atoms with Crippen molar-refractivity contribution in [3.05, 3.63) is 11.9 Å². The molecule has 1 saturated carbocycles.